The molecule has 1 aliphatic heterocycles. The Labute approximate surface area is 123 Å². The van der Waals surface area contributed by atoms with Crippen LogP contribution < -0.4 is 5.32 Å². The van der Waals surface area contributed by atoms with Gasteiger partial charge in [0.25, 0.3) is 0 Å². The molecule has 1 saturated heterocycles. The zero-order valence-electron chi connectivity index (χ0n) is 13.6. The van der Waals surface area contributed by atoms with Gasteiger partial charge in [-0.05, 0) is 53.0 Å². The Morgan fingerprint density at radius 1 is 1.45 bits per heavy atom. The summed E-state index contributed by atoms with van der Waals surface area (Å²) in [6.07, 6.45) is 2.02. The lowest BCUT2D eigenvalue weighted by Gasteiger charge is -2.34. The van der Waals surface area contributed by atoms with Gasteiger partial charge >= 0.3 is 6.09 Å². The van der Waals surface area contributed by atoms with Crippen LogP contribution in [0.25, 0.3) is 0 Å². The lowest BCUT2D eigenvalue weighted by Crippen LogP contribution is -2.46. The van der Waals surface area contributed by atoms with Gasteiger partial charge in [0, 0.05) is 26.2 Å². The third-order valence-electron chi connectivity index (χ3n) is 3.34. The van der Waals surface area contributed by atoms with E-state index in [1.54, 1.807) is 7.11 Å². The molecule has 0 aromatic rings. The van der Waals surface area contributed by atoms with Crippen LogP contribution in [0, 0.1) is 5.92 Å². The van der Waals surface area contributed by atoms with Gasteiger partial charge in [0.2, 0.25) is 0 Å². The van der Waals surface area contributed by atoms with Crippen LogP contribution in [0.5, 0.6) is 0 Å². The van der Waals surface area contributed by atoms with Crippen LogP contribution in [-0.4, -0.2) is 56.0 Å². The molecule has 0 saturated carbocycles. The Morgan fingerprint density at radius 2 is 2.15 bits per heavy atom. The summed E-state index contributed by atoms with van der Waals surface area (Å²) in [5.74, 6) is 0.496. The summed E-state index contributed by atoms with van der Waals surface area (Å²) in [6, 6.07) is 0.344. The molecule has 5 heteroatoms. The molecular formula is C15H30N2O3. The van der Waals surface area contributed by atoms with Crippen molar-refractivity contribution in [2.75, 3.05) is 33.4 Å². The second-order valence-corrected chi connectivity index (χ2v) is 6.70. The Balaban J connectivity index is 2.36. The fraction of sp³-hybridized carbons (Fsp3) is 0.933. The highest BCUT2D eigenvalue weighted by Crippen LogP contribution is 2.18. The summed E-state index contributed by atoms with van der Waals surface area (Å²) in [6.45, 7) is 11.0. The minimum Gasteiger partial charge on any atom is -0.444 e. The molecule has 2 unspecified atom stereocenters. The van der Waals surface area contributed by atoms with Crippen molar-refractivity contribution in [3.05, 3.63) is 0 Å². The Hall–Kier alpha value is -0.810. The third kappa shape index (κ3) is 6.57. The maximum absolute atomic E-state index is 12.1. The second-order valence-electron chi connectivity index (χ2n) is 6.70. The number of piperidine rings is 1. The highest BCUT2D eigenvalue weighted by molar-refractivity contribution is 5.68. The largest absolute Gasteiger partial charge is 0.444 e. The van der Waals surface area contributed by atoms with Gasteiger partial charge in [0.05, 0.1) is 6.61 Å². The van der Waals surface area contributed by atoms with Gasteiger partial charge in [-0.3, -0.25) is 0 Å². The number of hydrogen-bond donors (Lipinski definition) is 1. The normalized spacial score (nSPS) is 21.6. The monoisotopic (exact) mass is 286 g/mol. The zero-order chi connectivity index (χ0) is 15.2. The van der Waals surface area contributed by atoms with E-state index < -0.39 is 5.60 Å². The number of methoxy groups -OCH3 is 1. The first-order chi connectivity index (χ1) is 9.31. The Bertz CT molecular complexity index is 302. The van der Waals surface area contributed by atoms with Crippen LogP contribution in [0.1, 0.15) is 40.5 Å². The van der Waals surface area contributed by atoms with Gasteiger partial charge in [-0.2, -0.15) is 0 Å². The van der Waals surface area contributed by atoms with Gasteiger partial charge in [-0.15, -0.1) is 0 Å². The van der Waals surface area contributed by atoms with E-state index >= 15 is 0 Å². The smallest absolute Gasteiger partial charge is 0.410 e. The molecule has 0 aromatic carbocycles. The van der Waals surface area contributed by atoms with Crippen molar-refractivity contribution in [1.29, 1.82) is 0 Å². The molecule has 1 amide bonds. The zero-order valence-corrected chi connectivity index (χ0v) is 13.6. The molecule has 118 valence electrons. The molecule has 0 bridgehead atoms. The van der Waals surface area contributed by atoms with E-state index in [-0.39, 0.29) is 6.09 Å². The number of likely N-dealkylation sites (tertiary alicyclic amines) is 1. The number of carbonyl (C=O) groups is 1. The number of amides is 1. The van der Waals surface area contributed by atoms with Crippen molar-refractivity contribution in [2.24, 2.45) is 5.92 Å². The van der Waals surface area contributed by atoms with Gasteiger partial charge in [0.15, 0.2) is 0 Å². The number of carbonyl (C=O) groups excluding carboxylic acids is 1. The lowest BCUT2D eigenvalue weighted by molar-refractivity contribution is 0.0164. The number of rotatable bonds is 5. The van der Waals surface area contributed by atoms with Crippen LogP contribution in [0.3, 0.4) is 0 Å². The lowest BCUT2D eigenvalue weighted by atomic mass is 9.98. The minimum absolute atomic E-state index is 0.188. The summed E-state index contributed by atoms with van der Waals surface area (Å²) in [5.41, 5.74) is -0.421. The standard InChI is InChI=1S/C15H30N2O3/c1-12(11-19-5)16-9-13-7-6-8-17(10-13)14(18)20-15(2,3)4/h12-13,16H,6-11H2,1-5H3. The molecule has 1 aliphatic rings. The summed E-state index contributed by atoms with van der Waals surface area (Å²) in [7, 11) is 1.71. The Kier molecular flexibility index (Phi) is 6.76. The number of ether oxygens (including phenoxy) is 2. The number of nitrogens with one attached hydrogen (secondary N) is 1. The van der Waals surface area contributed by atoms with Crippen molar-refractivity contribution >= 4 is 6.09 Å². The molecule has 0 radical (unpaired) electrons. The van der Waals surface area contributed by atoms with Gasteiger partial charge < -0.3 is 19.7 Å². The van der Waals surface area contributed by atoms with Crippen LogP contribution >= 0.6 is 0 Å². The number of nitrogens with zero attached hydrogens (tertiary/aromatic N) is 1. The van der Waals surface area contributed by atoms with E-state index in [1.165, 1.54) is 0 Å². The molecule has 1 fully saturated rings. The summed E-state index contributed by atoms with van der Waals surface area (Å²) in [4.78, 5) is 13.9. The Morgan fingerprint density at radius 3 is 2.75 bits per heavy atom. The fourth-order valence-corrected chi connectivity index (χ4v) is 2.40. The predicted molar refractivity (Wildman–Crippen MR) is 79.9 cm³/mol. The molecule has 1 heterocycles. The highest BCUT2D eigenvalue weighted by Gasteiger charge is 2.27. The first-order valence-electron chi connectivity index (χ1n) is 7.52. The second kappa shape index (κ2) is 7.84. The van der Waals surface area contributed by atoms with E-state index in [2.05, 4.69) is 12.2 Å². The summed E-state index contributed by atoms with van der Waals surface area (Å²) < 4.78 is 10.5. The van der Waals surface area contributed by atoms with Crippen LogP contribution in [0.4, 0.5) is 4.79 Å². The molecule has 1 rings (SSSR count). The van der Waals surface area contributed by atoms with E-state index in [4.69, 9.17) is 9.47 Å². The highest BCUT2D eigenvalue weighted by atomic mass is 16.6. The van der Waals surface area contributed by atoms with E-state index in [9.17, 15) is 4.79 Å². The SMILES string of the molecule is COCC(C)NCC1CCCN(C(=O)OC(C)(C)C)C1. The molecule has 0 aromatic heterocycles. The van der Waals surface area contributed by atoms with E-state index in [0.717, 1.165) is 32.5 Å². The van der Waals surface area contributed by atoms with E-state index in [0.29, 0.717) is 18.6 Å². The predicted octanol–water partition coefficient (Wildman–Crippen LogP) is 2.26. The van der Waals surface area contributed by atoms with Crippen LogP contribution in [0.15, 0.2) is 0 Å². The quantitative estimate of drug-likeness (QED) is 0.842. The molecule has 0 aliphatic carbocycles. The summed E-state index contributed by atoms with van der Waals surface area (Å²) in [5, 5.41) is 3.46. The average molecular weight is 286 g/mol. The topological polar surface area (TPSA) is 50.8 Å². The molecule has 2 atom stereocenters. The minimum atomic E-state index is -0.421. The van der Waals surface area contributed by atoms with Crippen molar-refractivity contribution in [2.45, 2.75) is 52.2 Å². The van der Waals surface area contributed by atoms with Gasteiger partial charge in [-0.25, -0.2) is 4.79 Å². The maximum atomic E-state index is 12.1. The number of hydrogen-bond acceptors (Lipinski definition) is 4. The van der Waals surface area contributed by atoms with Crippen molar-refractivity contribution in [1.82, 2.24) is 10.2 Å². The van der Waals surface area contributed by atoms with Crippen molar-refractivity contribution in [3.8, 4) is 0 Å². The molecule has 0 spiro atoms. The van der Waals surface area contributed by atoms with Crippen LogP contribution in [-0.2, 0) is 9.47 Å². The molecule has 1 N–H and O–H groups in total. The average Bonchev–Trinajstić information content (AvgIpc) is 2.35. The van der Waals surface area contributed by atoms with Gasteiger partial charge in [-0.1, -0.05) is 0 Å². The summed E-state index contributed by atoms with van der Waals surface area (Å²) >= 11 is 0. The third-order valence-corrected chi connectivity index (χ3v) is 3.34. The fourth-order valence-electron chi connectivity index (χ4n) is 2.40. The maximum Gasteiger partial charge on any atom is 0.410 e. The van der Waals surface area contributed by atoms with Crippen LogP contribution in [0.2, 0.25) is 0 Å². The van der Waals surface area contributed by atoms with Crippen molar-refractivity contribution < 1.29 is 14.3 Å². The molecular weight excluding hydrogens is 256 g/mol. The van der Waals surface area contributed by atoms with Crippen molar-refractivity contribution in [3.63, 3.8) is 0 Å². The van der Waals surface area contributed by atoms with Gasteiger partial charge in [0.1, 0.15) is 5.60 Å². The molecule has 5 nitrogen and oxygen atoms in total. The molecule has 20 heavy (non-hydrogen) atoms. The first kappa shape index (κ1) is 17.2. The van der Waals surface area contributed by atoms with E-state index in [1.807, 2.05) is 25.7 Å². The first-order valence-corrected chi connectivity index (χ1v) is 7.52.